The molecule has 0 unspecified atom stereocenters. The summed E-state index contributed by atoms with van der Waals surface area (Å²) in [5.41, 5.74) is 32.6. The Labute approximate surface area is 571 Å². The van der Waals surface area contributed by atoms with Gasteiger partial charge in [-0.15, -0.1) is 0 Å². The maximum atomic E-state index is 2.73. The molecule has 0 N–H and O–H groups in total. The van der Waals surface area contributed by atoms with E-state index in [4.69, 9.17) is 0 Å². The summed E-state index contributed by atoms with van der Waals surface area (Å²) in [6.07, 6.45) is 0. The first-order valence-electron chi connectivity index (χ1n) is 34.5. The Kier molecular flexibility index (Phi) is 13.8. The highest BCUT2D eigenvalue weighted by atomic mass is 15.2. The van der Waals surface area contributed by atoms with Gasteiger partial charge in [0.25, 0.3) is 6.71 Å². The van der Waals surface area contributed by atoms with Crippen molar-refractivity contribution in [2.75, 3.05) is 9.80 Å². The van der Waals surface area contributed by atoms with Crippen LogP contribution in [0, 0.1) is 13.8 Å². The number of fused-ring (bicyclic) bond motifs is 10. The van der Waals surface area contributed by atoms with Crippen molar-refractivity contribution < 1.29 is 0 Å². The van der Waals surface area contributed by atoms with Crippen molar-refractivity contribution in [1.82, 2.24) is 9.13 Å². The van der Waals surface area contributed by atoms with E-state index in [0.29, 0.717) is 0 Å². The van der Waals surface area contributed by atoms with E-state index in [2.05, 4.69) is 374 Å². The van der Waals surface area contributed by atoms with Crippen molar-refractivity contribution >= 4 is 101 Å². The van der Waals surface area contributed by atoms with Crippen LogP contribution in [0.2, 0.25) is 0 Å². The Morgan fingerprint density at radius 1 is 0.268 bits per heavy atom. The number of rotatable bonds is 8. The van der Waals surface area contributed by atoms with Crippen LogP contribution in [0.4, 0.5) is 34.1 Å². The number of benzene rings is 13. The largest absolute Gasteiger partial charge is 0.310 e. The van der Waals surface area contributed by atoms with Crippen LogP contribution < -0.4 is 26.2 Å². The normalized spacial score (nSPS) is 13.0. The van der Waals surface area contributed by atoms with E-state index < -0.39 is 0 Å². The number of nitrogens with zero attached hydrogens (tertiary/aromatic N) is 4. The van der Waals surface area contributed by atoms with Gasteiger partial charge in [0.1, 0.15) is 0 Å². The number of anilines is 6. The van der Waals surface area contributed by atoms with E-state index in [1.54, 1.807) is 0 Å². The van der Waals surface area contributed by atoms with Crippen LogP contribution in [0.3, 0.4) is 0 Å². The maximum Gasteiger partial charge on any atom is 0.252 e. The Morgan fingerprint density at radius 2 is 0.577 bits per heavy atom. The minimum absolute atomic E-state index is 0.180. The zero-order valence-corrected chi connectivity index (χ0v) is 57.4. The molecule has 15 aromatic rings. The Balaban J connectivity index is 1.07. The number of para-hydroxylation sites is 2. The molecule has 0 spiro atoms. The van der Waals surface area contributed by atoms with Crippen molar-refractivity contribution in [2.24, 2.45) is 0 Å². The summed E-state index contributed by atoms with van der Waals surface area (Å²) in [5, 5.41) is 4.99. The van der Waals surface area contributed by atoms with E-state index in [0.717, 1.165) is 56.4 Å². The van der Waals surface area contributed by atoms with Crippen molar-refractivity contribution in [3.63, 3.8) is 0 Å². The third-order valence-electron chi connectivity index (χ3n) is 20.8. The minimum atomic E-state index is -0.313. The first-order valence-corrected chi connectivity index (χ1v) is 34.5. The van der Waals surface area contributed by atoms with Gasteiger partial charge in [-0.3, -0.25) is 0 Å². The first kappa shape index (κ1) is 59.8. The van der Waals surface area contributed by atoms with Gasteiger partial charge >= 0.3 is 0 Å². The molecule has 5 heteroatoms. The highest BCUT2D eigenvalue weighted by Gasteiger charge is 2.47. The maximum absolute atomic E-state index is 2.73. The standard InChI is InChI=1S/C92H79BN4/c1-58-40-46-81-75(48-58)69-36-24-26-38-79(69)94(81)67-42-44-77-83(56-67)96(88-71(60-28-16-12-17-29-60)50-64(90(3,4)5)51-72(88)61-30-18-13-19-31-61)85-54-66(92(9,10)11)55-86-87(85)93(77)78-45-43-68(95-80-39-27-25-37-70(80)76-49-59(2)41-47-82(76)95)57-84(78)97(86)89-73(62-32-20-14-21-33-62)52-65(91(6,7)8)53-74(89)63-34-22-15-23-35-63/h12-57H,1-11H3. The topological polar surface area (TPSA) is 16.3 Å². The summed E-state index contributed by atoms with van der Waals surface area (Å²) < 4.78 is 5.03. The van der Waals surface area contributed by atoms with E-state index in [1.165, 1.54) is 121 Å². The summed E-state index contributed by atoms with van der Waals surface area (Å²) in [4.78, 5) is 5.46. The van der Waals surface area contributed by atoms with Gasteiger partial charge in [-0.05, 0) is 182 Å². The molecule has 0 bridgehead atoms. The molecule has 0 amide bonds. The fourth-order valence-electron chi connectivity index (χ4n) is 15.9. The summed E-state index contributed by atoms with van der Waals surface area (Å²) in [7, 11) is 0. The van der Waals surface area contributed by atoms with Crippen LogP contribution in [-0.4, -0.2) is 15.8 Å². The molecule has 13 aromatic carbocycles. The second-order valence-electron chi connectivity index (χ2n) is 30.3. The van der Waals surface area contributed by atoms with Crippen molar-refractivity contribution in [3.8, 4) is 55.9 Å². The van der Waals surface area contributed by atoms with Gasteiger partial charge in [0.2, 0.25) is 0 Å². The fourth-order valence-corrected chi connectivity index (χ4v) is 15.9. The van der Waals surface area contributed by atoms with Crippen LogP contribution in [0.1, 0.15) is 90.1 Å². The average molecular weight is 1250 g/mol. The highest BCUT2D eigenvalue weighted by molar-refractivity contribution is 7.00. The molecular weight excluding hydrogens is 1170 g/mol. The molecule has 4 nitrogen and oxygen atoms in total. The molecule has 0 atom stereocenters. The summed E-state index contributed by atoms with van der Waals surface area (Å²) in [6, 6.07) is 107. The van der Waals surface area contributed by atoms with E-state index in [1.807, 2.05) is 0 Å². The molecule has 0 aliphatic carbocycles. The highest BCUT2D eigenvalue weighted by Crippen LogP contribution is 2.56. The van der Waals surface area contributed by atoms with Crippen molar-refractivity contribution in [1.29, 1.82) is 0 Å². The second kappa shape index (κ2) is 22.4. The predicted octanol–water partition coefficient (Wildman–Crippen LogP) is 23.1. The average Bonchev–Trinajstić information content (AvgIpc) is 0.854. The molecule has 0 fully saturated rings. The fraction of sp³-hybridized carbons (Fsp3) is 0.152. The van der Waals surface area contributed by atoms with Crippen LogP contribution in [0.5, 0.6) is 0 Å². The van der Waals surface area contributed by atoms with Crippen LogP contribution >= 0.6 is 0 Å². The van der Waals surface area contributed by atoms with Crippen LogP contribution in [0.15, 0.2) is 279 Å². The Morgan fingerprint density at radius 3 is 0.918 bits per heavy atom. The third kappa shape index (κ3) is 9.79. The third-order valence-corrected chi connectivity index (χ3v) is 20.8. The molecule has 2 aliphatic rings. The van der Waals surface area contributed by atoms with Crippen LogP contribution in [-0.2, 0) is 16.2 Å². The molecule has 2 aliphatic heterocycles. The van der Waals surface area contributed by atoms with Gasteiger partial charge in [-0.25, -0.2) is 0 Å². The van der Waals surface area contributed by atoms with E-state index in [-0.39, 0.29) is 23.0 Å². The predicted molar refractivity (Wildman–Crippen MR) is 416 cm³/mol. The lowest BCUT2D eigenvalue weighted by Gasteiger charge is -2.47. The van der Waals surface area contributed by atoms with Crippen LogP contribution in [0.25, 0.3) is 99.5 Å². The smallest absolute Gasteiger partial charge is 0.252 e. The van der Waals surface area contributed by atoms with Crippen molar-refractivity contribution in [3.05, 3.63) is 307 Å². The Hall–Kier alpha value is -10.9. The number of aryl methyl sites for hydroxylation is 2. The zero-order chi connectivity index (χ0) is 66.4. The van der Waals surface area contributed by atoms with Gasteiger partial charge in [-0.1, -0.05) is 255 Å². The monoisotopic (exact) mass is 1250 g/mol. The lowest BCUT2D eigenvalue weighted by atomic mass is 9.33. The van der Waals surface area contributed by atoms with Gasteiger partial charge < -0.3 is 18.9 Å². The van der Waals surface area contributed by atoms with Gasteiger partial charge in [-0.2, -0.15) is 0 Å². The molecule has 2 aromatic heterocycles. The molecule has 4 heterocycles. The first-order chi connectivity index (χ1) is 46.9. The lowest BCUT2D eigenvalue weighted by Crippen LogP contribution is -2.61. The SMILES string of the molecule is Cc1ccc2c(c1)c1ccccc1n2-c1ccc2c(c1)N(c1c(-c3ccccc3)cc(C(C)(C)C)cc1-c1ccccc1)c1cc(C(C)(C)C)cc3c1B2c1ccc(-n2c4ccccc4c4cc(C)ccc42)cc1N3c1c(-c2ccccc2)cc(C(C)(C)C)cc1-c1ccccc1. The Bertz CT molecular complexity index is 5200. The quantitative estimate of drug-likeness (QED) is 0.141. The molecule has 0 saturated heterocycles. The van der Waals surface area contributed by atoms with E-state index in [9.17, 15) is 0 Å². The van der Waals surface area contributed by atoms with Gasteiger partial charge in [0, 0.05) is 77.9 Å². The second-order valence-corrected chi connectivity index (χ2v) is 30.3. The minimum Gasteiger partial charge on any atom is -0.310 e. The molecule has 470 valence electrons. The molecule has 0 radical (unpaired) electrons. The number of aromatic nitrogens is 2. The summed E-state index contributed by atoms with van der Waals surface area (Å²) >= 11 is 0. The lowest BCUT2D eigenvalue weighted by molar-refractivity contribution is 0.590. The van der Waals surface area contributed by atoms with Crippen molar-refractivity contribution in [2.45, 2.75) is 92.4 Å². The zero-order valence-electron chi connectivity index (χ0n) is 57.4. The number of hydrogen-bond donors (Lipinski definition) is 0. The molecular formula is C92H79BN4. The van der Waals surface area contributed by atoms with E-state index >= 15 is 0 Å². The molecule has 0 saturated carbocycles. The molecule has 97 heavy (non-hydrogen) atoms. The summed E-state index contributed by atoms with van der Waals surface area (Å²) in [6.45, 7) is 25.5. The van der Waals surface area contributed by atoms with Gasteiger partial charge in [0.15, 0.2) is 0 Å². The molecule has 17 rings (SSSR count). The summed E-state index contributed by atoms with van der Waals surface area (Å²) in [5.74, 6) is 0. The number of hydrogen-bond acceptors (Lipinski definition) is 2. The van der Waals surface area contributed by atoms with Gasteiger partial charge in [0.05, 0.1) is 33.4 Å².